The second kappa shape index (κ2) is 5.20. The molecule has 5 N–H and O–H groups in total. The van der Waals surface area contributed by atoms with Gasteiger partial charge in [0.2, 0.25) is 0 Å². The number of aliphatic hydroxyl groups is 2. The molecular formula is C10H14F2N2O2. The Kier molecular flexibility index (Phi) is 4.17. The Hall–Kier alpha value is -1.24. The van der Waals surface area contributed by atoms with Crippen LogP contribution in [0.25, 0.3) is 0 Å². The number of anilines is 1. The summed E-state index contributed by atoms with van der Waals surface area (Å²) in [7, 11) is 1.57. The molecule has 1 aromatic rings. The second-order valence-corrected chi connectivity index (χ2v) is 3.46. The summed E-state index contributed by atoms with van der Waals surface area (Å²) in [6, 6.07) is 1.51. The van der Waals surface area contributed by atoms with Crippen LogP contribution in [0.3, 0.4) is 0 Å². The molecule has 1 aromatic carbocycles. The standard InChI is InChI=1S/C10H14F2N2O2/c1-14-4-8(15)10(16)9-6(12)2-5(11)3-7(9)13/h2-3,8,10,14-16H,4,13H2,1H3. The molecule has 2 unspecified atom stereocenters. The highest BCUT2D eigenvalue weighted by atomic mass is 19.1. The van der Waals surface area contributed by atoms with E-state index in [1.54, 1.807) is 7.05 Å². The normalized spacial score (nSPS) is 14.8. The fourth-order valence-electron chi connectivity index (χ4n) is 1.43. The molecule has 0 radical (unpaired) electrons. The smallest absolute Gasteiger partial charge is 0.134 e. The number of benzene rings is 1. The first-order chi connectivity index (χ1) is 7.47. The van der Waals surface area contributed by atoms with Crippen LogP contribution in [0.2, 0.25) is 0 Å². The SMILES string of the molecule is CNCC(O)C(O)c1c(N)cc(F)cc1F. The van der Waals surface area contributed by atoms with Gasteiger partial charge in [-0.05, 0) is 13.1 Å². The molecule has 0 spiro atoms. The van der Waals surface area contributed by atoms with Crippen LogP contribution in [0.4, 0.5) is 14.5 Å². The Morgan fingerprint density at radius 3 is 2.50 bits per heavy atom. The minimum Gasteiger partial charge on any atom is -0.398 e. The maximum absolute atomic E-state index is 13.4. The summed E-state index contributed by atoms with van der Waals surface area (Å²) >= 11 is 0. The third-order valence-electron chi connectivity index (χ3n) is 2.20. The topological polar surface area (TPSA) is 78.5 Å². The molecule has 2 atom stereocenters. The van der Waals surface area contributed by atoms with Gasteiger partial charge in [0, 0.05) is 23.9 Å². The number of hydrogen-bond donors (Lipinski definition) is 4. The van der Waals surface area contributed by atoms with Gasteiger partial charge in [0.25, 0.3) is 0 Å². The molecule has 0 aliphatic heterocycles. The van der Waals surface area contributed by atoms with Gasteiger partial charge in [0.15, 0.2) is 0 Å². The molecule has 0 fully saturated rings. The van der Waals surface area contributed by atoms with E-state index < -0.39 is 23.8 Å². The van der Waals surface area contributed by atoms with Crippen molar-refractivity contribution < 1.29 is 19.0 Å². The Morgan fingerprint density at radius 2 is 2.00 bits per heavy atom. The fourth-order valence-corrected chi connectivity index (χ4v) is 1.43. The van der Waals surface area contributed by atoms with Crippen molar-refractivity contribution in [3.63, 3.8) is 0 Å². The monoisotopic (exact) mass is 232 g/mol. The molecule has 4 nitrogen and oxygen atoms in total. The maximum Gasteiger partial charge on any atom is 0.134 e. The van der Waals surface area contributed by atoms with Gasteiger partial charge in [-0.2, -0.15) is 0 Å². The Bertz CT molecular complexity index is 351. The first-order valence-electron chi connectivity index (χ1n) is 4.72. The van der Waals surface area contributed by atoms with Gasteiger partial charge in [0.05, 0.1) is 6.10 Å². The van der Waals surface area contributed by atoms with E-state index in [4.69, 9.17) is 5.73 Å². The zero-order valence-corrected chi connectivity index (χ0v) is 8.74. The lowest BCUT2D eigenvalue weighted by Gasteiger charge is -2.19. The Balaban J connectivity index is 3.03. The van der Waals surface area contributed by atoms with Gasteiger partial charge in [-0.15, -0.1) is 0 Å². The number of likely N-dealkylation sites (N-methyl/N-ethyl adjacent to an activating group) is 1. The van der Waals surface area contributed by atoms with E-state index in [9.17, 15) is 19.0 Å². The van der Waals surface area contributed by atoms with Crippen molar-refractivity contribution in [2.45, 2.75) is 12.2 Å². The predicted molar refractivity (Wildman–Crippen MR) is 55.7 cm³/mol. The molecule has 6 heteroatoms. The van der Waals surface area contributed by atoms with Gasteiger partial charge in [-0.1, -0.05) is 0 Å². The van der Waals surface area contributed by atoms with E-state index in [0.717, 1.165) is 6.07 Å². The van der Waals surface area contributed by atoms with E-state index >= 15 is 0 Å². The van der Waals surface area contributed by atoms with E-state index in [1.807, 2.05) is 0 Å². The van der Waals surface area contributed by atoms with Crippen LogP contribution in [0.1, 0.15) is 11.7 Å². The summed E-state index contributed by atoms with van der Waals surface area (Å²) in [6.45, 7) is 0.0669. The molecular weight excluding hydrogens is 218 g/mol. The lowest BCUT2D eigenvalue weighted by molar-refractivity contribution is 0.0185. The summed E-state index contributed by atoms with van der Waals surface area (Å²) in [5, 5.41) is 21.7. The molecule has 90 valence electrons. The van der Waals surface area contributed by atoms with Crippen molar-refractivity contribution in [2.75, 3.05) is 19.3 Å². The summed E-state index contributed by atoms with van der Waals surface area (Å²) in [5.74, 6) is -1.80. The predicted octanol–water partition coefficient (Wildman–Crippen LogP) is 0.161. The number of nitrogens with two attached hydrogens (primary N) is 1. The van der Waals surface area contributed by atoms with Crippen LogP contribution in [-0.2, 0) is 0 Å². The average Bonchev–Trinajstić information content (AvgIpc) is 2.16. The van der Waals surface area contributed by atoms with Crippen molar-refractivity contribution >= 4 is 5.69 Å². The average molecular weight is 232 g/mol. The zero-order chi connectivity index (χ0) is 12.3. The molecule has 0 heterocycles. The van der Waals surface area contributed by atoms with Gasteiger partial charge in [-0.25, -0.2) is 8.78 Å². The number of hydrogen-bond acceptors (Lipinski definition) is 4. The van der Waals surface area contributed by atoms with Gasteiger partial charge >= 0.3 is 0 Å². The summed E-state index contributed by atoms with van der Waals surface area (Å²) < 4.78 is 26.1. The van der Waals surface area contributed by atoms with Crippen molar-refractivity contribution in [1.29, 1.82) is 0 Å². The summed E-state index contributed by atoms with van der Waals surface area (Å²) in [4.78, 5) is 0. The number of halogens is 2. The van der Waals surface area contributed by atoms with E-state index in [2.05, 4.69) is 5.32 Å². The molecule has 0 saturated heterocycles. The van der Waals surface area contributed by atoms with Crippen LogP contribution >= 0.6 is 0 Å². The molecule has 0 aromatic heterocycles. The highest BCUT2D eigenvalue weighted by Gasteiger charge is 2.24. The maximum atomic E-state index is 13.4. The molecule has 0 aliphatic rings. The first kappa shape index (κ1) is 12.8. The van der Waals surface area contributed by atoms with Gasteiger partial charge in [0.1, 0.15) is 17.7 Å². The van der Waals surface area contributed by atoms with Gasteiger partial charge in [-0.3, -0.25) is 0 Å². The van der Waals surface area contributed by atoms with Crippen LogP contribution < -0.4 is 11.1 Å². The van der Waals surface area contributed by atoms with E-state index in [0.29, 0.717) is 6.07 Å². The highest BCUT2D eigenvalue weighted by Crippen LogP contribution is 2.27. The Morgan fingerprint density at radius 1 is 1.38 bits per heavy atom. The third kappa shape index (κ3) is 2.66. The lowest BCUT2D eigenvalue weighted by Crippen LogP contribution is -2.30. The van der Waals surface area contributed by atoms with Crippen molar-refractivity contribution in [3.8, 4) is 0 Å². The van der Waals surface area contributed by atoms with Crippen LogP contribution in [0, 0.1) is 11.6 Å². The molecule has 0 aliphatic carbocycles. The second-order valence-electron chi connectivity index (χ2n) is 3.46. The number of nitrogen functional groups attached to an aromatic ring is 1. The van der Waals surface area contributed by atoms with Crippen LogP contribution in [0.5, 0.6) is 0 Å². The zero-order valence-electron chi connectivity index (χ0n) is 8.74. The fraction of sp³-hybridized carbons (Fsp3) is 0.400. The molecule has 0 amide bonds. The molecule has 0 saturated carbocycles. The number of nitrogens with one attached hydrogen (secondary N) is 1. The minimum atomic E-state index is -1.49. The van der Waals surface area contributed by atoms with Crippen molar-refractivity contribution in [3.05, 3.63) is 29.3 Å². The van der Waals surface area contributed by atoms with Crippen molar-refractivity contribution in [1.82, 2.24) is 5.32 Å². The number of aliphatic hydroxyl groups excluding tert-OH is 2. The molecule has 1 rings (SSSR count). The molecule has 0 bridgehead atoms. The summed E-state index contributed by atoms with van der Waals surface area (Å²) in [5.41, 5.74) is 4.88. The van der Waals surface area contributed by atoms with E-state index in [1.165, 1.54) is 0 Å². The van der Waals surface area contributed by atoms with Gasteiger partial charge < -0.3 is 21.3 Å². The van der Waals surface area contributed by atoms with Crippen molar-refractivity contribution in [2.24, 2.45) is 0 Å². The quantitative estimate of drug-likeness (QED) is 0.558. The lowest BCUT2D eigenvalue weighted by atomic mass is 10.0. The highest BCUT2D eigenvalue weighted by molar-refractivity contribution is 5.49. The van der Waals surface area contributed by atoms with Crippen LogP contribution in [0.15, 0.2) is 12.1 Å². The first-order valence-corrected chi connectivity index (χ1v) is 4.72. The minimum absolute atomic E-state index is 0.0669. The van der Waals surface area contributed by atoms with E-state index in [-0.39, 0.29) is 17.8 Å². The largest absolute Gasteiger partial charge is 0.398 e. The number of rotatable bonds is 4. The Labute approximate surface area is 91.7 Å². The van der Waals surface area contributed by atoms with Crippen LogP contribution in [-0.4, -0.2) is 29.9 Å². The molecule has 16 heavy (non-hydrogen) atoms. The third-order valence-corrected chi connectivity index (χ3v) is 2.20. The summed E-state index contributed by atoms with van der Waals surface area (Å²) in [6.07, 6.45) is -2.71.